The van der Waals surface area contributed by atoms with Gasteiger partial charge in [0, 0.05) is 50.7 Å². The van der Waals surface area contributed by atoms with E-state index in [0.29, 0.717) is 13.0 Å². The van der Waals surface area contributed by atoms with Gasteiger partial charge in [0.05, 0.1) is 6.54 Å². The van der Waals surface area contributed by atoms with Crippen LogP contribution in [0.4, 0.5) is 20.4 Å². The zero-order valence-electron chi connectivity index (χ0n) is 18.8. The van der Waals surface area contributed by atoms with Crippen molar-refractivity contribution in [3.8, 4) is 0 Å². The van der Waals surface area contributed by atoms with E-state index in [1.165, 1.54) is 31.4 Å². The second-order valence-corrected chi connectivity index (χ2v) is 9.17. The first-order valence-corrected chi connectivity index (χ1v) is 11.8. The molecule has 3 aliphatic rings. The number of benzene rings is 1. The molecule has 1 atom stereocenters. The molecule has 3 aliphatic heterocycles. The van der Waals surface area contributed by atoms with Crippen molar-refractivity contribution < 1.29 is 13.6 Å². The minimum atomic E-state index is -0.808. The number of nitrogens with zero attached hydrogens (tertiary/aromatic N) is 5. The average Bonchev–Trinajstić information content (AvgIpc) is 2.85. The predicted octanol–water partition coefficient (Wildman–Crippen LogP) is 2.64. The predicted molar refractivity (Wildman–Crippen MR) is 122 cm³/mol. The molecule has 7 nitrogen and oxygen atoms in total. The maximum Gasteiger partial charge on any atom is 0.159 e. The van der Waals surface area contributed by atoms with Crippen LogP contribution in [0.5, 0.6) is 0 Å². The highest BCUT2D eigenvalue weighted by Crippen LogP contribution is 2.30. The molecule has 4 heterocycles. The van der Waals surface area contributed by atoms with E-state index in [2.05, 4.69) is 30.0 Å². The van der Waals surface area contributed by atoms with Gasteiger partial charge >= 0.3 is 0 Å². The van der Waals surface area contributed by atoms with E-state index >= 15 is 0 Å². The lowest BCUT2D eigenvalue weighted by molar-refractivity contribution is -0.117. The van der Waals surface area contributed by atoms with Gasteiger partial charge in [0.2, 0.25) is 0 Å². The van der Waals surface area contributed by atoms with Crippen molar-refractivity contribution in [3.63, 3.8) is 0 Å². The molecule has 9 heteroatoms. The summed E-state index contributed by atoms with van der Waals surface area (Å²) in [5, 5.41) is 3.09. The third-order valence-electron chi connectivity index (χ3n) is 7.01. The van der Waals surface area contributed by atoms with E-state index in [1.807, 2.05) is 0 Å². The van der Waals surface area contributed by atoms with Crippen LogP contribution in [0, 0.1) is 11.6 Å². The summed E-state index contributed by atoms with van der Waals surface area (Å²) < 4.78 is 27.7. The molecular weight excluding hydrogens is 426 g/mol. The molecule has 1 aromatic carbocycles. The largest absolute Gasteiger partial charge is 0.363 e. The van der Waals surface area contributed by atoms with Crippen molar-refractivity contribution in [2.24, 2.45) is 0 Å². The summed E-state index contributed by atoms with van der Waals surface area (Å²) in [6.07, 6.45) is 5.52. The summed E-state index contributed by atoms with van der Waals surface area (Å²) in [6, 6.07) is 4.32. The summed E-state index contributed by atoms with van der Waals surface area (Å²) in [5.41, 5.74) is 1.69. The number of fused-ring (bicyclic) bond motifs is 1. The maximum atomic E-state index is 14.1. The van der Waals surface area contributed by atoms with Crippen molar-refractivity contribution in [1.29, 1.82) is 0 Å². The number of piperazine rings is 1. The van der Waals surface area contributed by atoms with E-state index in [0.717, 1.165) is 68.6 Å². The van der Waals surface area contributed by atoms with Gasteiger partial charge in [-0.1, -0.05) is 12.5 Å². The number of piperidine rings is 1. The molecule has 5 rings (SSSR count). The van der Waals surface area contributed by atoms with Gasteiger partial charge in [-0.3, -0.25) is 9.69 Å². The number of carbonyl (C=O) groups excluding carboxylic acids is 1. The number of nitrogens with one attached hydrogen (secondary N) is 1. The first-order chi connectivity index (χ1) is 16.1. The van der Waals surface area contributed by atoms with Crippen LogP contribution in [0.2, 0.25) is 0 Å². The summed E-state index contributed by atoms with van der Waals surface area (Å²) in [4.78, 5) is 27.8. The van der Waals surface area contributed by atoms with Crippen LogP contribution in [0.25, 0.3) is 0 Å². The van der Waals surface area contributed by atoms with Gasteiger partial charge in [0.15, 0.2) is 17.4 Å². The minimum absolute atomic E-state index is 0.00269. The van der Waals surface area contributed by atoms with Crippen LogP contribution in [0.3, 0.4) is 0 Å². The Bertz CT molecular complexity index is 1000. The van der Waals surface area contributed by atoms with Gasteiger partial charge in [0.1, 0.15) is 18.0 Å². The van der Waals surface area contributed by atoms with Gasteiger partial charge in [-0.05, 0) is 43.6 Å². The zero-order chi connectivity index (χ0) is 22.8. The van der Waals surface area contributed by atoms with Crippen LogP contribution in [0.1, 0.15) is 36.4 Å². The first kappa shape index (κ1) is 22.2. The van der Waals surface area contributed by atoms with Crippen LogP contribution < -0.4 is 10.2 Å². The van der Waals surface area contributed by atoms with Crippen molar-refractivity contribution >= 4 is 17.4 Å². The highest BCUT2D eigenvalue weighted by Gasteiger charge is 2.30. The Morgan fingerprint density at radius 1 is 0.970 bits per heavy atom. The quantitative estimate of drug-likeness (QED) is 0.742. The van der Waals surface area contributed by atoms with Crippen molar-refractivity contribution in [2.75, 3.05) is 62.6 Å². The first-order valence-electron chi connectivity index (χ1n) is 11.8. The van der Waals surface area contributed by atoms with E-state index in [-0.39, 0.29) is 11.8 Å². The number of carbonyl (C=O) groups is 1. The monoisotopic (exact) mass is 456 g/mol. The number of hydrogen-bond acceptors (Lipinski definition) is 7. The maximum absolute atomic E-state index is 14.1. The average molecular weight is 457 g/mol. The van der Waals surface area contributed by atoms with E-state index in [4.69, 9.17) is 0 Å². The molecule has 0 spiro atoms. The fourth-order valence-corrected chi connectivity index (χ4v) is 5.22. The number of rotatable bonds is 5. The SMILES string of the molecule is O=C1CNc2ncnc(N3CCN(C(CN4CCCCC4)c4ccc(F)c(F)c4)CC3)c2C1. The van der Waals surface area contributed by atoms with Gasteiger partial charge in [-0.25, -0.2) is 18.7 Å². The molecular formula is C24H30F2N6O. The highest BCUT2D eigenvalue weighted by molar-refractivity contribution is 5.90. The molecule has 2 saturated heterocycles. The summed E-state index contributed by atoms with van der Waals surface area (Å²) in [7, 11) is 0. The number of Topliss-reactive ketones (excluding diaryl/α,β-unsaturated/α-hetero) is 1. The van der Waals surface area contributed by atoms with Crippen LogP contribution in [-0.2, 0) is 11.2 Å². The molecule has 1 unspecified atom stereocenters. The van der Waals surface area contributed by atoms with E-state index in [1.54, 1.807) is 12.4 Å². The fourth-order valence-electron chi connectivity index (χ4n) is 5.22. The lowest BCUT2D eigenvalue weighted by Gasteiger charge is -2.42. The number of ketones is 1. The Morgan fingerprint density at radius 3 is 2.52 bits per heavy atom. The van der Waals surface area contributed by atoms with Gasteiger partial charge in [0.25, 0.3) is 0 Å². The third-order valence-corrected chi connectivity index (χ3v) is 7.01. The number of anilines is 2. The van der Waals surface area contributed by atoms with E-state index in [9.17, 15) is 13.6 Å². The number of aromatic nitrogens is 2. The number of halogens is 2. The van der Waals surface area contributed by atoms with Gasteiger partial charge in [-0.15, -0.1) is 0 Å². The normalized spacial score (nSPS) is 20.9. The fraction of sp³-hybridized carbons (Fsp3) is 0.542. The van der Waals surface area contributed by atoms with Crippen LogP contribution in [-0.4, -0.2) is 77.9 Å². The third kappa shape index (κ3) is 4.84. The topological polar surface area (TPSA) is 64.6 Å². The number of hydrogen-bond donors (Lipinski definition) is 1. The molecule has 0 saturated carbocycles. The Kier molecular flexibility index (Phi) is 6.50. The highest BCUT2D eigenvalue weighted by atomic mass is 19.2. The molecule has 1 N–H and O–H groups in total. The number of likely N-dealkylation sites (tertiary alicyclic amines) is 1. The zero-order valence-corrected chi connectivity index (χ0v) is 18.8. The van der Waals surface area contributed by atoms with Gasteiger partial charge in [-0.2, -0.15) is 0 Å². The second-order valence-electron chi connectivity index (χ2n) is 9.17. The Morgan fingerprint density at radius 2 is 1.76 bits per heavy atom. The van der Waals surface area contributed by atoms with Crippen molar-refractivity contribution in [3.05, 3.63) is 47.3 Å². The molecule has 0 radical (unpaired) electrons. The minimum Gasteiger partial charge on any atom is -0.363 e. The standard InChI is InChI=1S/C24H30F2N6O/c25-20-5-4-17(12-21(20)26)22(15-30-6-2-1-3-7-30)31-8-10-32(11-9-31)24-19-13-18(33)14-27-23(19)28-16-29-24/h4-5,12,16,22H,1-3,6-11,13-15H2,(H,27,28,29). The molecule has 0 aliphatic carbocycles. The lowest BCUT2D eigenvalue weighted by Crippen LogP contribution is -2.51. The second kappa shape index (κ2) is 9.69. The molecule has 2 aromatic rings. The van der Waals surface area contributed by atoms with Crippen molar-refractivity contribution in [2.45, 2.75) is 31.7 Å². The van der Waals surface area contributed by atoms with Crippen LogP contribution in [0.15, 0.2) is 24.5 Å². The molecule has 2 fully saturated rings. The molecule has 1 aromatic heterocycles. The van der Waals surface area contributed by atoms with Crippen molar-refractivity contribution in [1.82, 2.24) is 19.8 Å². The van der Waals surface area contributed by atoms with E-state index < -0.39 is 11.6 Å². The molecule has 176 valence electrons. The Balaban J connectivity index is 1.33. The Labute approximate surface area is 192 Å². The smallest absolute Gasteiger partial charge is 0.159 e. The lowest BCUT2D eigenvalue weighted by atomic mass is 10.0. The summed E-state index contributed by atoms with van der Waals surface area (Å²) in [6.45, 7) is 6.27. The Hall–Kier alpha value is -2.65. The molecule has 33 heavy (non-hydrogen) atoms. The van der Waals surface area contributed by atoms with Crippen LogP contribution >= 0.6 is 0 Å². The molecule has 0 amide bonds. The van der Waals surface area contributed by atoms with Gasteiger partial charge < -0.3 is 15.1 Å². The molecule has 0 bridgehead atoms. The summed E-state index contributed by atoms with van der Waals surface area (Å²) in [5.74, 6) is 0.0982. The summed E-state index contributed by atoms with van der Waals surface area (Å²) >= 11 is 0.